The zero-order chi connectivity index (χ0) is 19.5. The number of amides is 2. The van der Waals surface area contributed by atoms with Gasteiger partial charge in [0.2, 0.25) is 0 Å². The number of carbonyl (C=O) groups excluding carboxylic acids is 1. The highest BCUT2D eigenvalue weighted by Gasteiger charge is 2.32. The number of para-hydroxylation sites is 1. The molecule has 7 heteroatoms. The van der Waals surface area contributed by atoms with Crippen molar-refractivity contribution in [3.8, 4) is 5.75 Å². The van der Waals surface area contributed by atoms with Gasteiger partial charge in [-0.1, -0.05) is 29.5 Å². The van der Waals surface area contributed by atoms with Gasteiger partial charge in [-0.2, -0.15) is 0 Å². The van der Waals surface area contributed by atoms with Crippen LogP contribution < -0.4 is 10.1 Å². The van der Waals surface area contributed by atoms with Crippen LogP contribution in [-0.4, -0.2) is 39.0 Å². The highest BCUT2D eigenvalue weighted by molar-refractivity contribution is 5.90. The molecule has 1 N–H and O–H groups in total. The topological polar surface area (TPSA) is 72.3 Å². The fourth-order valence-corrected chi connectivity index (χ4v) is 3.04. The lowest BCUT2D eigenvalue weighted by atomic mass is 10.1. The number of aryl methyl sites for hydroxylation is 2. The molecule has 2 aromatic carbocycles. The van der Waals surface area contributed by atoms with Crippen LogP contribution in [-0.2, 0) is 6.61 Å². The van der Waals surface area contributed by atoms with Crippen LogP contribution in [0.3, 0.4) is 0 Å². The first-order valence-corrected chi connectivity index (χ1v) is 9.30. The average Bonchev–Trinajstić information content (AvgIpc) is 3.11. The zero-order valence-electron chi connectivity index (χ0n) is 16.0. The number of anilines is 1. The molecule has 1 aliphatic heterocycles. The van der Waals surface area contributed by atoms with Crippen LogP contribution in [0.4, 0.5) is 10.5 Å². The molecular formula is C21H23N5O2. The van der Waals surface area contributed by atoms with Crippen molar-refractivity contribution < 1.29 is 9.53 Å². The van der Waals surface area contributed by atoms with Gasteiger partial charge in [0.15, 0.2) is 0 Å². The average molecular weight is 377 g/mol. The SMILES string of the molecule is Cc1ccc(NC(=O)N2CC(n3cc(COc4ccccc4)nn3)C2)cc1C. The molecule has 1 aliphatic rings. The van der Waals surface area contributed by atoms with E-state index in [2.05, 4.69) is 22.6 Å². The lowest BCUT2D eigenvalue weighted by molar-refractivity contribution is 0.127. The number of benzene rings is 2. The predicted molar refractivity (Wildman–Crippen MR) is 106 cm³/mol. The Morgan fingerprint density at radius 3 is 2.68 bits per heavy atom. The van der Waals surface area contributed by atoms with Crippen LogP contribution >= 0.6 is 0 Å². The lowest BCUT2D eigenvalue weighted by Gasteiger charge is -2.38. The maximum atomic E-state index is 12.4. The van der Waals surface area contributed by atoms with E-state index in [0.717, 1.165) is 22.7 Å². The van der Waals surface area contributed by atoms with E-state index in [0.29, 0.717) is 19.7 Å². The number of hydrogen-bond donors (Lipinski definition) is 1. The lowest BCUT2D eigenvalue weighted by Crippen LogP contribution is -2.52. The number of nitrogens with zero attached hydrogens (tertiary/aromatic N) is 4. The number of carbonyl (C=O) groups is 1. The van der Waals surface area contributed by atoms with Gasteiger partial charge in [0.05, 0.1) is 12.2 Å². The third-order valence-electron chi connectivity index (χ3n) is 4.97. The summed E-state index contributed by atoms with van der Waals surface area (Å²) in [6.07, 6.45) is 1.88. The molecule has 2 amide bonds. The molecule has 4 rings (SSSR count). The fraction of sp³-hybridized carbons (Fsp3) is 0.286. The van der Waals surface area contributed by atoms with Crippen LogP contribution in [0.25, 0.3) is 0 Å². The molecule has 0 aliphatic carbocycles. The summed E-state index contributed by atoms with van der Waals surface area (Å²) in [7, 11) is 0. The van der Waals surface area contributed by atoms with Gasteiger partial charge in [-0.05, 0) is 49.2 Å². The van der Waals surface area contributed by atoms with Gasteiger partial charge in [0.25, 0.3) is 0 Å². The number of urea groups is 1. The molecule has 0 atom stereocenters. The first kappa shape index (κ1) is 18.0. The molecule has 144 valence electrons. The van der Waals surface area contributed by atoms with Crippen LogP contribution in [0.2, 0.25) is 0 Å². The van der Waals surface area contributed by atoms with Crippen LogP contribution in [0, 0.1) is 13.8 Å². The molecule has 0 radical (unpaired) electrons. The number of aromatic nitrogens is 3. The van der Waals surface area contributed by atoms with Gasteiger partial charge in [0.1, 0.15) is 18.1 Å². The van der Waals surface area contributed by atoms with Gasteiger partial charge in [-0.25, -0.2) is 9.48 Å². The Hall–Kier alpha value is -3.35. The minimum absolute atomic E-state index is 0.0905. The Morgan fingerprint density at radius 1 is 1.14 bits per heavy atom. The standard InChI is InChI=1S/C21H23N5O2/c1-15-8-9-17(10-16(15)2)22-21(27)25-12-19(13-25)26-11-18(23-24-26)14-28-20-6-4-3-5-7-20/h3-11,19H,12-14H2,1-2H3,(H,22,27). The van der Waals surface area contributed by atoms with Crippen molar-refractivity contribution >= 4 is 11.7 Å². The van der Waals surface area contributed by atoms with Crippen molar-refractivity contribution in [2.75, 3.05) is 18.4 Å². The van der Waals surface area contributed by atoms with Gasteiger partial charge in [-0.15, -0.1) is 5.10 Å². The Labute approximate surface area is 163 Å². The maximum absolute atomic E-state index is 12.4. The largest absolute Gasteiger partial charge is 0.487 e. The molecule has 3 aromatic rings. The summed E-state index contributed by atoms with van der Waals surface area (Å²) in [5.74, 6) is 0.801. The molecule has 7 nitrogen and oxygen atoms in total. The second kappa shape index (κ2) is 7.72. The molecule has 1 saturated heterocycles. The normalized spacial score (nSPS) is 13.9. The highest BCUT2D eigenvalue weighted by Crippen LogP contribution is 2.22. The second-order valence-electron chi connectivity index (χ2n) is 7.08. The van der Waals surface area contributed by atoms with Crippen LogP contribution in [0.15, 0.2) is 54.7 Å². The summed E-state index contributed by atoms with van der Waals surface area (Å²) >= 11 is 0. The van der Waals surface area contributed by atoms with E-state index in [1.165, 1.54) is 5.56 Å². The quantitative estimate of drug-likeness (QED) is 0.738. The van der Waals surface area contributed by atoms with E-state index in [1.807, 2.05) is 66.3 Å². The first-order valence-electron chi connectivity index (χ1n) is 9.30. The first-order chi connectivity index (χ1) is 13.6. The van der Waals surface area contributed by atoms with E-state index >= 15 is 0 Å². The maximum Gasteiger partial charge on any atom is 0.321 e. The number of rotatable bonds is 5. The smallest absolute Gasteiger partial charge is 0.321 e. The van der Waals surface area contributed by atoms with Crippen LogP contribution in [0.1, 0.15) is 22.9 Å². The third-order valence-corrected chi connectivity index (χ3v) is 4.97. The van der Waals surface area contributed by atoms with Crippen molar-refractivity contribution in [2.45, 2.75) is 26.5 Å². The number of likely N-dealkylation sites (tertiary alicyclic amines) is 1. The Morgan fingerprint density at radius 2 is 1.93 bits per heavy atom. The van der Waals surface area contributed by atoms with Crippen molar-refractivity contribution in [1.82, 2.24) is 19.9 Å². The molecule has 28 heavy (non-hydrogen) atoms. The van der Waals surface area contributed by atoms with Gasteiger partial charge >= 0.3 is 6.03 Å². The summed E-state index contributed by atoms with van der Waals surface area (Å²) in [5, 5.41) is 11.3. The molecule has 0 unspecified atom stereocenters. The van der Waals surface area contributed by atoms with Crippen molar-refractivity contribution in [1.29, 1.82) is 0 Å². The molecule has 0 saturated carbocycles. The molecule has 0 spiro atoms. The Balaban J connectivity index is 1.27. The van der Waals surface area contributed by atoms with Gasteiger partial charge < -0.3 is 15.0 Å². The minimum Gasteiger partial charge on any atom is -0.487 e. The number of nitrogens with one attached hydrogen (secondary N) is 1. The molecule has 2 heterocycles. The summed E-state index contributed by atoms with van der Waals surface area (Å²) in [6, 6.07) is 15.6. The van der Waals surface area contributed by atoms with Crippen molar-refractivity contribution in [3.63, 3.8) is 0 Å². The molecule has 0 bridgehead atoms. The predicted octanol–water partition coefficient (Wildman–Crippen LogP) is 3.56. The summed E-state index contributed by atoms with van der Waals surface area (Å²) in [4.78, 5) is 14.1. The number of ether oxygens (including phenoxy) is 1. The van der Waals surface area contributed by atoms with E-state index < -0.39 is 0 Å². The molecule has 1 fully saturated rings. The molecule has 1 aromatic heterocycles. The highest BCUT2D eigenvalue weighted by atomic mass is 16.5. The van der Waals surface area contributed by atoms with E-state index in [1.54, 1.807) is 4.90 Å². The second-order valence-corrected chi connectivity index (χ2v) is 7.08. The summed E-state index contributed by atoms with van der Waals surface area (Å²) in [6.45, 7) is 5.68. The van der Waals surface area contributed by atoms with E-state index in [-0.39, 0.29) is 12.1 Å². The zero-order valence-corrected chi connectivity index (χ0v) is 16.0. The third kappa shape index (κ3) is 3.98. The van der Waals surface area contributed by atoms with Crippen molar-refractivity contribution in [3.05, 3.63) is 71.5 Å². The minimum atomic E-state index is -0.0905. The monoisotopic (exact) mass is 377 g/mol. The number of hydrogen-bond acceptors (Lipinski definition) is 4. The van der Waals surface area contributed by atoms with Crippen molar-refractivity contribution in [2.24, 2.45) is 0 Å². The summed E-state index contributed by atoms with van der Waals surface area (Å²) in [5.41, 5.74) is 3.95. The van der Waals surface area contributed by atoms with E-state index in [9.17, 15) is 4.79 Å². The summed E-state index contributed by atoms with van der Waals surface area (Å²) < 4.78 is 7.50. The molecular weight excluding hydrogens is 354 g/mol. The van der Waals surface area contributed by atoms with Gasteiger partial charge in [-0.3, -0.25) is 0 Å². The van der Waals surface area contributed by atoms with E-state index in [4.69, 9.17) is 4.74 Å². The Bertz CT molecular complexity index is 964. The Kier molecular flexibility index (Phi) is 4.97. The van der Waals surface area contributed by atoms with Crippen LogP contribution in [0.5, 0.6) is 5.75 Å². The fourth-order valence-electron chi connectivity index (χ4n) is 3.04. The van der Waals surface area contributed by atoms with Gasteiger partial charge in [0, 0.05) is 18.8 Å².